The summed E-state index contributed by atoms with van der Waals surface area (Å²) in [5.74, 6) is 2.42. The van der Waals surface area contributed by atoms with E-state index in [1.54, 1.807) is 6.07 Å². The van der Waals surface area contributed by atoms with Crippen molar-refractivity contribution < 1.29 is 4.39 Å². The Kier molecular flexibility index (Phi) is 4.12. The average Bonchev–Trinajstić information content (AvgIpc) is 2.16. The molecule has 86 valence electrons. The maximum absolute atomic E-state index is 12.9. The molecule has 1 nitrogen and oxygen atoms in total. The van der Waals surface area contributed by atoms with Crippen molar-refractivity contribution >= 4 is 15.9 Å². The number of rotatable bonds is 3. The molecule has 0 saturated heterocycles. The van der Waals surface area contributed by atoms with Gasteiger partial charge in [0.1, 0.15) is 5.82 Å². The molecule has 0 aromatic heterocycles. The van der Waals surface area contributed by atoms with Gasteiger partial charge < -0.3 is 0 Å². The SMILES string of the molecule is C#CC(C)(C)NC(C)c1ccc(F)cc1Br. The third kappa shape index (κ3) is 3.33. The number of nitrogens with one attached hydrogen (secondary N) is 1. The molecule has 0 bridgehead atoms. The number of terminal acetylenes is 1. The second kappa shape index (κ2) is 4.99. The minimum Gasteiger partial charge on any atom is -0.295 e. The van der Waals surface area contributed by atoms with Crippen LogP contribution in [0.25, 0.3) is 0 Å². The van der Waals surface area contributed by atoms with E-state index in [-0.39, 0.29) is 17.4 Å². The van der Waals surface area contributed by atoms with E-state index in [1.165, 1.54) is 12.1 Å². The number of halogens is 2. The molecule has 0 saturated carbocycles. The monoisotopic (exact) mass is 283 g/mol. The second-order valence-corrected chi connectivity index (χ2v) is 5.16. The Hall–Kier alpha value is -0.850. The quantitative estimate of drug-likeness (QED) is 0.835. The van der Waals surface area contributed by atoms with Crippen molar-refractivity contribution in [1.29, 1.82) is 0 Å². The van der Waals surface area contributed by atoms with Crippen molar-refractivity contribution in [3.8, 4) is 12.3 Å². The molecule has 1 aromatic carbocycles. The zero-order valence-corrected chi connectivity index (χ0v) is 11.2. The minimum atomic E-state index is -0.382. The van der Waals surface area contributed by atoms with Crippen LogP contribution in [0.4, 0.5) is 4.39 Å². The highest BCUT2D eigenvalue weighted by Crippen LogP contribution is 2.25. The van der Waals surface area contributed by atoms with Crippen LogP contribution in [0.15, 0.2) is 22.7 Å². The molecule has 0 aliphatic heterocycles. The van der Waals surface area contributed by atoms with Crippen LogP contribution in [0.5, 0.6) is 0 Å². The fourth-order valence-corrected chi connectivity index (χ4v) is 2.21. The third-order valence-corrected chi connectivity index (χ3v) is 3.05. The lowest BCUT2D eigenvalue weighted by atomic mass is 10.0. The van der Waals surface area contributed by atoms with E-state index in [2.05, 4.69) is 27.2 Å². The molecule has 3 heteroatoms. The first-order valence-corrected chi connectivity index (χ1v) is 5.85. The van der Waals surface area contributed by atoms with Gasteiger partial charge in [0, 0.05) is 10.5 Å². The summed E-state index contributed by atoms with van der Waals surface area (Å²) < 4.78 is 13.7. The van der Waals surface area contributed by atoms with Crippen LogP contribution >= 0.6 is 15.9 Å². The summed E-state index contributed by atoms with van der Waals surface area (Å²) in [6.45, 7) is 5.86. The highest BCUT2D eigenvalue weighted by atomic mass is 79.9. The second-order valence-electron chi connectivity index (χ2n) is 4.30. The van der Waals surface area contributed by atoms with E-state index < -0.39 is 0 Å². The zero-order valence-electron chi connectivity index (χ0n) is 9.64. The molecule has 1 atom stereocenters. The molecule has 1 aromatic rings. The van der Waals surface area contributed by atoms with Crippen LogP contribution < -0.4 is 5.32 Å². The molecular weight excluding hydrogens is 269 g/mol. The first kappa shape index (κ1) is 13.2. The molecule has 1 rings (SSSR count). The standard InChI is InChI=1S/C13H15BrFN/c1-5-13(3,4)16-9(2)11-7-6-10(15)8-12(11)14/h1,6-9,16H,2-4H3. The third-order valence-electron chi connectivity index (χ3n) is 2.37. The number of hydrogen-bond donors (Lipinski definition) is 1. The van der Waals surface area contributed by atoms with Crippen LogP contribution in [0.3, 0.4) is 0 Å². The highest BCUT2D eigenvalue weighted by Gasteiger charge is 2.19. The van der Waals surface area contributed by atoms with Crippen LogP contribution in [-0.4, -0.2) is 5.54 Å². The molecular formula is C13H15BrFN. The van der Waals surface area contributed by atoms with Gasteiger partial charge in [-0.15, -0.1) is 6.42 Å². The lowest BCUT2D eigenvalue weighted by Crippen LogP contribution is -2.39. The van der Waals surface area contributed by atoms with E-state index in [0.29, 0.717) is 0 Å². The Morgan fingerprint density at radius 2 is 2.12 bits per heavy atom. The van der Waals surface area contributed by atoms with Crippen LogP contribution in [0, 0.1) is 18.2 Å². The van der Waals surface area contributed by atoms with Gasteiger partial charge in [-0.1, -0.05) is 27.9 Å². The fourth-order valence-electron chi connectivity index (χ4n) is 1.51. The Morgan fingerprint density at radius 3 is 2.62 bits per heavy atom. The average molecular weight is 284 g/mol. The summed E-state index contributed by atoms with van der Waals surface area (Å²) in [6, 6.07) is 4.71. The van der Waals surface area contributed by atoms with Gasteiger partial charge in [-0.3, -0.25) is 5.32 Å². The maximum Gasteiger partial charge on any atom is 0.124 e. The topological polar surface area (TPSA) is 12.0 Å². The molecule has 0 amide bonds. The number of benzene rings is 1. The largest absolute Gasteiger partial charge is 0.295 e. The Morgan fingerprint density at radius 1 is 1.50 bits per heavy atom. The Balaban J connectivity index is 2.90. The fraction of sp³-hybridized carbons (Fsp3) is 0.385. The van der Waals surface area contributed by atoms with Crippen molar-refractivity contribution in [2.75, 3.05) is 0 Å². The zero-order chi connectivity index (χ0) is 12.3. The summed E-state index contributed by atoms with van der Waals surface area (Å²) >= 11 is 3.35. The smallest absolute Gasteiger partial charge is 0.124 e. The highest BCUT2D eigenvalue weighted by molar-refractivity contribution is 9.10. The van der Waals surface area contributed by atoms with Crippen LogP contribution in [-0.2, 0) is 0 Å². The Bertz CT molecular complexity index is 420. The van der Waals surface area contributed by atoms with E-state index in [9.17, 15) is 4.39 Å². The molecule has 0 aliphatic rings. The maximum atomic E-state index is 12.9. The summed E-state index contributed by atoms with van der Waals surface area (Å²) in [4.78, 5) is 0. The van der Waals surface area contributed by atoms with E-state index in [1.807, 2.05) is 20.8 Å². The first-order chi connectivity index (χ1) is 7.35. The van der Waals surface area contributed by atoms with Crippen LogP contribution in [0.2, 0.25) is 0 Å². The lowest BCUT2D eigenvalue weighted by molar-refractivity contribution is 0.430. The first-order valence-electron chi connectivity index (χ1n) is 5.06. The van der Waals surface area contributed by atoms with E-state index in [4.69, 9.17) is 6.42 Å². The molecule has 0 heterocycles. The summed E-state index contributed by atoms with van der Waals surface area (Å²) in [6.07, 6.45) is 5.41. The summed E-state index contributed by atoms with van der Waals surface area (Å²) in [7, 11) is 0. The number of hydrogen-bond acceptors (Lipinski definition) is 1. The summed E-state index contributed by atoms with van der Waals surface area (Å²) in [5.41, 5.74) is 0.609. The molecule has 1 unspecified atom stereocenters. The van der Waals surface area contributed by atoms with Crippen molar-refractivity contribution in [3.63, 3.8) is 0 Å². The van der Waals surface area contributed by atoms with E-state index in [0.717, 1.165) is 10.0 Å². The van der Waals surface area contributed by atoms with Gasteiger partial charge in [0.2, 0.25) is 0 Å². The normalized spacial score (nSPS) is 13.2. The lowest BCUT2D eigenvalue weighted by Gasteiger charge is -2.26. The Labute approximate surface area is 105 Å². The molecule has 1 N–H and O–H groups in total. The van der Waals surface area contributed by atoms with Gasteiger partial charge in [0.25, 0.3) is 0 Å². The molecule has 0 spiro atoms. The predicted molar refractivity (Wildman–Crippen MR) is 68.6 cm³/mol. The van der Waals surface area contributed by atoms with Gasteiger partial charge in [0.05, 0.1) is 5.54 Å². The van der Waals surface area contributed by atoms with Crippen molar-refractivity contribution in [2.24, 2.45) is 0 Å². The minimum absolute atomic E-state index is 0.0565. The molecule has 16 heavy (non-hydrogen) atoms. The van der Waals surface area contributed by atoms with Crippen molar-refractivity contribution in [1.82, 2.24) is 5.32 Å². The molecule has 0 aliphatic carbocycles. The van der Waals surface area contributed by atoms with Gasteiger partial charge >= 0.3 is 0 Å². The molecule has 0 radical (unpaired) electrons. The van der Waals surface area contributed by atoms with Crippen molar-refractivity contribution in [3.05, 3.63) is 34.1 Å². The van der Waals surface area contributed by atoms with Gasteiger partial charge in [-0.2, -0.15) is 0 Å². The van der Waals surface area contributed by atoms with Gasteiger partial charge in [-0.05, 0) is 38.5 Å². The van der Waals surface area contributed by atoms with Gasteiger partial charge in [0.15, 0.2) is 0 Å². The predicted octanol–water partition coefficient (Wildman–Crippen LogP) is 3.65. The van der Waals surface area contributed by atoms with Crippen LogP contribution in [0.1, 0.15) is 32.4 Å². The summed E-state index contributed by atoms with van der Waals surface area (Å²) in [5, 5.41) is 3.29. The molecule has 0 fully saturated rings. The van der Waals surface area contributed by atoms with E-state index >= 15 is 0 Å². The van der Waals surface area contributed by atoms with Gasteiger partial charge in [-0.25, -0.2) is 4.39 Å². The van der Waals surface area contributed by atoms with Crippen molar-refractivity contribution in [2.45, 2.75) is 32.4 Å².